The van der Waals surface area contributed by atoms with E-state index in [9.17, 15) is 9.59 Å². The third-order valence-corrected chi connectivity index (χ3v) is 6.26. The molecule has 0 bridgehead atoms. The van der Waals surface area contributed by atoms with Gasteiger partial charge < -0.3 is 19.5 Å². The average Bonchev–Trinajstić information content (AvgIpc) is 3.51. The van der Waals surface area contributed by atoms with E-state index in [2.05, 4.69) is 5.32 Å². The molecule has 0 aliphatic carbocycles. The lowest BCUT2D eigenvalue weighted by Crippen LogP contribution is -2.34. The van der Waals surface area contributed by atoms with Crippen LogP contribution in [0.1, 0.15) is 30.9 Å². The van der Waals surface area contributed by atoms with Gasteiger partial charge in [0, 0.05) is 53.5 Å². The van der Waals surface area contributed by atoms with Gasteiger partial charge in [-0.2, -0.15) is 0 Å². The lowest BCUT2D eigenvalue weighted by atomic mass is 10.0. The Balaban J connectivity index is 1.45. The molecular formula is C26H27N3O3. The molecule has 0 unspecified atom stereocenters. The predicted molar refractivity (Wildman–Crippen MR) is 126 cm³/mol. The van der Waals surface area contributed by atoms with Crippen molar-refractivity contribution in [2.45, 2.75) is 32.4 Å². The van der Waals surface area contributed by atoms with Crippen LogP contribution in [0.15, 0.2) is 54.7 Å². The molecular weight excluding hydrogens is 402 g/mol. The van der Waals surface area contributed by atoms with Crippen LogP contribution in [0.3, 0.4) is 0 Å². The molecule has 164 valence electrons. The van der Waals surface area contributed by atoms with Crippen LogP contribution in [0.5, 0.6) is 0 Å². The Labute approximate surface area is 187 Å². The number of nitrogens with zero attached hydrogens (tertiary/aromatic N) is 2. The number of hydrogen-bond donors (Lipinski definition) is 1. The molecule has 1 N–H and O–H groups in total. The molecule has 2 aliphatic rings. The lowest BCUT2D eigenvalue weighted by Gasteiger charge is -2.13. The van der Waals surface area contributed by atoms with Gasteiger partial charge in [-0.1, -0.05) is 36.4 Å². The smallest absolute Gasteiger partial charge is 0.258 e. The summed E-state index contributed by atoms with van der Waals surface area (Å²) in [6.45, 7) is 4.16. The van der Waals surface area contributed by atoms with Crippen LogP contribution in [0.2, 0.25) is 0 Å². The third kappa shape index (κ3) is 3.71. The van der Waals surface area contributed by atoms with E-state index in [-0.39, 0.29) is 24.5 Å². The molecule has 0 spiro atoms. The number of likely N-dealkylation sites (N-methyl/N-ethyl adjacent to an activating group) is 1. The third-order valence-electron chi connectivity index (χ3n) is 6.26. The first-order chi connectivity index (χ1) is 15.7. The normalized spacial score (nSPS) is 19.2. The maximum absolute atomic E-state index is 13.1. The molecule has 6 nitrogen and oxygen atoms in total. The zero-order chi connectivity index (χ0) is 22.1. The second kappa shape index (κ2) is 8.63. The van der Waals surface area contributed by atoms with Crippen LogP contribution in [0.25, 0.3) is 22.6 Å². The van der Waals surface area contributed by atoms with Crippen LogP contribution in [-0.2, 0) is 20.9 Å². The fourth-order valence-corrected chi connectivity index (χ4v) is 4.68. The molecule has 1 aromatic heterocycles. The highest BCUT2D eigenvalue weighted by Gasteiger charge is 2.31. The highest BCUT2D eigenvalue weighted by atomic mass is 16.5. The molecule has 1 atom stereocenters. The van der Waals surface area contributed by atoms with Crippen LogP contribution >= 0.6 is 0 Å². The van der Waals surface area contributed by atoms with Crippen molar-refractivity contribution in [1.29, 1.82) is 0 Å². The van der Waals surface area contributed by atoms with Gasteiger partial charge in [-0.15, -0.1) is 0 Å². The summed E-state index contributed by atoms with van der Waals surface area (Å²) in [6, 6.07) is 15.9. The Bertz CT molecular complexity index is 1200. The van der Waals surface area contributed by atoms with Gasteiger partial charge in [-0.25, -0.2) is 0 Å². The van der Waals surface area contributed by atoms with E-state index >= 15 is 0 Å². The molecule has 32 heavy (non-hydrogen) atoms. The fourth-order valence-electron chi connectivity index (χ4n) is 4.68. The minimum Gasteiger partial charge on any atom is -0.376 e. The number of hydrogen-bond acceptors (Lipinski definition) is 3. The average molecular weight is 430 g/mol. The molecule has 0 saturated carbocycles. The van der Waals surface area contributed by atoms with Crippen molar-refractivity contribution in [3.05, 3.63) is 65.9 Å². The maximum atomic E-state index is 13.1. The van der Waals surface area contributed by atoms with Gasteiger partial charge in [0.2, 0.25) is 5.91 Å². The Morgan fingerprint density at radius 2 is 2.00 bits per heavy atom. The summed E-state index contributed by atoms with van der Waals surface area (Å²) in [4.78, 5) is 27.5. The number of aromatic nitrogens is 1. The van der Waals surface area contributed by atoms with E-state index in [1.807, 2.05) is 72.3 Å². The summed E-state index contributed by atoms with van der Waals surface area (Å²) in [5, 5.41) is 4.01. The van der Waals surface area contributed by atoms with Gasteiger partial charge in [0.25, 0.3) is 5.91 Å². The molecule has 1 saturated heterocycles. The van der Waals surface area contributed by atoms with Crippen molar-refractivity contribution in [3.8, 4) is 0 Å². The summed E-state index contributed by atoms with van der Waals surface area (Å²) < 4.78 is 7.55. The molecule has 3 heterocycles. The molecule has 2 aromatic carbocycles. The molecule has 2 amide bonds. The number of carbonyl (C=O) groups is 2. The number of carbonyl (C=O) groups excluding carboxylic acids is 2. The Kier molecular flexibility index (Phi) is 5.53. The molecule has 6 heteroatoms. The molecule has 3 aromatic rings. The predicted octanol–water partition coefficient (Wildman–Crippen LogP) is 3.84. The number of para-hydroxylation sites is 2. The monoisotopic (exact) mass is 429 g/mol. The number of anilines is 1. The maximum Gasteiger partial charge on any atom is 0.258 e. The van der Waals surface area contributed by atoms with Crippen molar-refractivity contribution in [1.82, 2.24) is 9.88 Å². The van der Waals surface area contributed by atoms with Crippen molar-refractivity contribution in [3.63, 3.8) is 0 Å². The number of ether oxygens (including phenoxy) is 1. The number of rotatable bonds is 6. The fraction of sp³-hybridized carbons (Fsp3) is 0.308. The number of amides is 2. The lowest BCUT2D eigenvalue weighted by molar-refractivity contribution is -0.122. The standard InChI is InChI=1S/C26H27N3O3/c1-2-29-24-12-6-4-10-21(24)22(26(29)31)14-18-16-28(23-11-5-3-9-20(18)23)17-25(30)27-15-19-8-7-13-32-19/h3-6,9-12,14,16,19H,2,7-8,13,15,17H2,1H3,(H,27,30)/b22-14-/t19-/m0/s1. The number of benzene rings is 2. The first kappa shape index (κ1) is 20.5. The van der Waals surface area contributed by atoms with Crippen LogP contribution in [-0.4, -0.2) is 42.2 Å². The second-order valence-electron chi connectivity index (χ2n) is 8.29. The quantitative estimate of drug-likeness (QED) is 0.606. The van der Waals surface area contributed by atoms with Crippen molar-refractivity contribution >= 4 is 40.1 Å². The van der Waals surface area contributed by atoms with E-state index in [4.69, 9.17) is 4.74 Å². The van der Waals surface area contributed by atoms with Gasteiger partial charge in [0.1, 0.15) is 6.54 Å². The van der Waals surface area contributed by atoms with Gasteiger partial charge >= 0.3 is 0 Å². The van der Waals surface area contributed by atoms with E-state index in [1.165, 1.54) is 0 Å². The first-order valence-corrected chi connectivity index (χ1v) is 11.2. The van der Waals surface area contributed by atoms with Crippen LogP contribution in [0.4, 0.5) is 5.69 Å². The molecule has 5 rings (SSSR count). The minimum absolute atomic E-state index is 0.0137. The summed E-state index contributed by atoms with van der Waals surface area (Å²) in [7, 11) is 0. The molecule has 0 radical (unpaired) electrons. The topological polar surface area (TPSA) is 63.6 Å². The van der Waals surface area contributed by atoms with Gasteiger partial charge in [-0.05, 0) is 38.0 Å². The highest BCUT2D eigenvalue weighted by Crippen LogP contribution is 2.38. The minimum atomic E-state index is -0.0418. The molecule has 2 aliphatic heterocycles. The summed E-state index contributed by atoms with van der Waals surface area (Å²) >= 11 is 0. The highest BCUT2D eigenvalue weighted by molar-refractivity contribution is 6.36. The van der Waals surface area contributed by atoms with Gasteiger partial charge in [-0.3, -0.25) is 9.59 Å². The van der Waals surface area contributed by atoms with Crippen molar-refractivity contribution in [2.24, 2.45) is 0 Å². The van der Waals surface area contributed by atoms with E-state index < -0.39 is 0 Å². The Morgan fingerprint density at radius 3 is 2.81 bits per heavy atom. The summed E-state index contributed by atoms with van der Waals surface area (Å²) in [6.07, 6.45) is 6.09. The number of nitrogens with one attached hydrogen (secondary N) is 1. The van der Waals surface area contributed by atoms with E-state index in [0.717, 1.165) is 47.2 Å². The van der Waals surface area contributed by atoms with E-state index in [0.29, 0.717) is 18.7 Å². The zero-order valence-electron chi connectivity index (χ0n) is 18.2. The van der Waals surface area contributed by atoms with Crippen LogP contribution < -0.4 is 10.2 Å². The SMILES string of the molecule is CCN1C(=O)/C(=C\c2cn(CC(=O)NC[C@@H]3CCCO3)c3ccccc23)c2ccccc21. The van der Waals surface area contributed by atoms with Gasteiger partial charge in [0.05, 0.1) is 11.8 Å². The second-order valence-corrected chi connectivity index (χ2v) is 8.29. The first-order valence-electron chi connectivity index (χ1n) is 11.2. The van der Waals surface area contributed by atoms with Gasteiger partial charge in [0.15, 0.2) is 0 Å². The Morgan fingerprint density at radius 1 is 1.19 bits per heavy atom. The molecule has 1 fully saturated rings. The number of fused-ring (bicyclic) bond motifs is 2. The Hall–Kier alpha value is -3.38. The zero-order valence-corrected chi connectivity index (χ0v) is 18.2. The summed E-state index contributed by atoms with van der Waals surface area (Å²) in [5.74, 6) is -0.0280. The summed E-state index contributed by atoms with van der Waals surface area (Å²) in [5.41, 5.74) is 4.49. The van der Waals surface area contributed by atoms with Crippen molar-refractivity contribution < 1.29 is 14.3 Å². The largest absolute Gasteiger partial charge is 0.376 e. The van der Waals surface area contributed by atoms with Crippen LogP contribution in [0, 0.1) is 0 Å². The van der Waals surface area contributed by atoms with Crippen molar-refractivity contribution in [2.75, 3.05) is 24.6 Å². The van der Waals surface area contributed by atoms with E-state index in [1.54, 1.807) is 4.90 Å².